The largest absolute Gasteiger partial charge is 0.444 e. The first-order chi connectivity index (χ1) is 8.54. The van der Waals surface area contributed by atoms with Gasteiger partial charge in [0.05, 0.1) is 0 Å². The van der Waals surface area contributed by atoms with E-state index in [1.807, 2.05) is 0 Å². The van der Waals surface area contributed by atoms with Gasteiger partial charge in [0.25, 0.3) is 0 Å². The number of nitrogens with zero attached hydrogens (tertiary/aromatic N) is 1. The predicted octanol–water partition coefficient (Wildman–Crippen LogP) is 2.86. The maximum atomic E-state index is 13.5. The minimum Gasteiger partial charge on any atom is -0.444 e. The molecule has 1 fully saturated rings. The number of ether oxygens (including phenoxy) is 1. The summed E-state index contributed by atoms with van der Waals surface area (Å²) < 4.78 is 32.3. The van der Waals surface area contributed by atoms with Crippen LogP contribution < -0.4 is 0 Å². The molecule has 0 aliphatic carbocycles. The van der Waals surface area contributed by atoms with Gasteiger partial charge >= 0.3 is 12.0 Å². The van der Waals surface area contributed by atoms with Crippen molar-refractivity contribution in [3.8, 4) is 0 Å². The van der Waals surface area contributed by atoms with Crippen molar-refractivity contribution in [3.05, 3.63) is 0 Å². The maximum Gasteiger partial charge on any atom is 0.410 e. The van der Waals surface area contributed by atoms with E-state index in [1.54, 1.807) is 20.8 Å². The Labute approximate surface area is 112 Å². The highest BCUT2D eigenvalue weighted by atomic mass is 19.3. The highest BCUT2D eigenvalue weighted by Gasteiger charge is 2.45. The normalized spacial score (nSPS) is 18.3. The highest BCUT2D eigenvalue weighted by molar-refractivity contribution is 5.83. The lowest BCUT2D eigenvalue weighted by Gasteiger charge is -2.35. The summed E-state index contributed by atoms with van der Waals surface area (Å²) in [6.07, 6.45) is -0.255. The Kier molecular flexibility index (Phi) is 4.53. The summed E-state index contributed by atoms with van der Waals surface area (Å²) in [5, 5.41) is 0. The van der Waals surface area contributed by atoms with Crippen LogP contribution in [0.1, 0.15) is 40.5 Å². The van der Waals surface area contributed by atoms with Gasteiger partial charge in [0, 0.05) is 25.9 Å². The van der Waals surface area contributed by atoms with Crippen molar-refractivity contribution in [2.24, 2.45) is 5.92 Å². The number of halogens is 2. The molecule has 6 heteroatoms. The monoisotopic (exact) mass is 277 g/mol. The van der Waals surface area contributed by atoms with E-state index in [0.717, 1.165) is 6.92 Å². The number of ketones is 1. The molecule has 0 aromatic rings. The molecule has 110 valence electrons. The third kappa shape index (κ3) is 4.14. The van der Waals surface area contributed by atoms with Crippen LogP contribution in [-0.4, -0.2) is 41.4 Å². The molecule has 1 saturated heterocycles. The average molecular weight is 277 g/mol. The zero-order chi connectivity index (χ0) is 14.8. The van der Waals surface area contributed by atoms with Gasteiger partial charge in [-0.05, 0) is 33.6 Å². The lowest BCUT2D eigenvalue weighted by atomic mass is 9.88. The summed E-state index contributed by atoms with van der Waals surface area (Å²) in [6, 6.07) is 0. The third-order valence-corrected chi connectivity index (χ3v) is 3.13. The molecule has 0 saturated carbocycles. The second-order valence-electron chi connectivity index (χ2n) is 5.92. The molecule has 0 aromatic carbocycles. The smallest absolute Gasteiger partial charge is 0.410 e. The van der Waals surface area contributed by atoms with Crippen LogP contribution in [0.15, 0.2) is 0 Å². The van der Waals surface area contributed by atoms with Crippen LogP contribution in [0.2, 0.25) is 0 Å². The first-order valence-corrected chi connectivity index (χ1v) is 6.41. The topological polar surface area (TPSA) is 46.6 Å². The first-order valence-electron chi connectivity index (χ1n) is 6.41. The van der Waals surface area contributed by atoms with E-state index in [0.29, 0.717) is 0 Å². The molecule has 0 radical (unpaired) electrons. The summed E-state index contributed by atoms with van der Waals surface area (Å²) in [5.74, 6) is -5.38. The number of hydrogen-bond donors (Lipinski definition) is 0. The van der Waals surface area contributed by atoms with Crippen molar-refractivity contribution in [2.75, 3.05) is 13.1 Å². The van der Waals surface area contributed by atoms with Gasteiger partial charge in [0.15, 0.2) is 5.78 Å². The number of alkyl halides is 2. The van der Waals surface area contributed by atoms with Gasteiger partial charge in [-0.25, -0.2) is 4.79 Å². The number of piperidine rings is 1. The van der Waals surface area contributed by atoms with Gasteiger partial charge in [-0.1, -0.05) is 0 Å². The Morgan fingerprint density at radius 3 is 2.00 bits per heavy atom. The van der Waals surface area contributed by atoms with E-state index in [2.05, 4.69) is 0 Å². The lowest BCUT2D eigenvalue weighted by Crippen LogP contribution is -2.47. The molecular formula is C13H21F2NO3. The van der Waals surface area contributed by atoms with Crippen LogP contribution in [0.3, 0.4) is 0 Å². The summed E-state index contributed by atoms with van der Waals surface area (Å²) >= 11 is 0. The van der Waals surface area contributed by atoms with Crippen LogP contribution in [0, 0.1) is 5.92 Å². The Bertz CT molecular complexity index is 355. The fraction of sp³-hybridized carbons (Fsp3) is 0.846. The van der Waals surface area contributed by atoms with Crippen LogP contribution in [0.4, 0.5) is 13.6 Å². The van der Waals surface area contributed by atoms with Crippen LogP contribution in [-0.2, 0) is 9.53 Å². The van der Waals surface area contributed by atoms with Gasteiger partial charge < -0.3 is 9.64 Å². The number of carbonyl (C=O) groups is 2. The van der Waals surface area contributed by atoms with Crippen molar-refractivity contribution in [1.29, 1.82) is 0 Å². The quantitative estimate of drug-likeness (QED) is 0.779. The molecule has 19 heavy (non-hydrogen) atoms. The number of likely N-dealkylation sites (tertiary alicyclic amines) is 1. The van der Waals surface area contributed by atoms with Gasteiger partial charge in [-0.3, -0.25) is 4.79 Å². The molecule has 1 aliphatic rings. The molecule has 0 aromatic heterocycles. The Hall–Kier alpha value is -1.20. The van der Waals surface area contributed by atoms with E-state index in [4.69, 9.17) is 4.74 Å². The molecule has 1 aliphatic heterocycles. The highest BCUT2D eigenvalue weighted by Crippen LogP contribution is 2.34. The van der Waals surface area contributed by atoms with Gasteiger partial charge in [-0.15, -0.1) is 0 Å². The fourth-order valence-corrected chi connectivity index (χ4v) is 2.04. The van der Waals surface area contributed by atoms with E-state index < -0.39 is 29.3 Å². The van der Waals surface area contributed by atoms with Crippen molar-refractivity contribution in [1.82, 2.24) is 4.90 Å². The molecular weight excluding hydrogens is 256 g/mol. The molecule has 0 N–H and O–H groups in total. The van der Waals surface area contributed by atoms with Crippen molar-refractivity contribution < 1.29 is 23.1 Å². The second kappa shape index (κ2) is 5.43. The van der Waals surface area contributed by atoms with E-state index in [-0.39, 0.29) is 25.9 Å². The minimum absolute atomic E-state index is 0.117. The molecule has 1 heterocycles. The molecule has 0 spiro atoms. The Morgan fingerprint density at radius 1 is 1.16 bits per heavy atom. The zero-order valence-electron chi connectivity index (χ0n) is 11.8. The molecule has 1 amide bonds. The lowest BCUT2D eigenvalue weighted by molar-refractivity contribution is -0.151. The summed E-state index contributed by atoms with van der Waals surface area (Å²) in [6.45, 7) is 6.55. The zero-order valence-corrected chi connectivity index (χ0v) is 11.8. The number of carbonyl (C=O) groups excluding carboxylic acids is 2. The summed E-state index contributed by atoms with van der Waals surface area (Å²) in [4.78, 5) is 24.1. The molecule has 4 nitrogen and oxygen atoms in total. The molecule has 0 atom stereocenters. The predicted molar refractivity (Wildman–Crippen MR) is 66.2 cm³/mol. The average Bonchev–Trinajstić information content (AvgIpc) is 2.26. The van der Waals surface area contributed by atoms with E-state index >= 15 is 0 Å². The maximum absolute atomic E-state index is 13.5. The minimum atomic E-state index is -3.29. The Balaban J connectivity index is 2.54. The molecule has 0 bridgehead atoms. The van der Waals surface area contributed by atoms with Gasteiger partial charge in [-0.2, -0.15) is 8.78 Å². The van der Waals surface area contributed by atoms with Crippen molar-refractivity contribution in [3.63, 3.8) is 0 Å². The van der Waals surface area contributed by atoms with Gasteiger partial charge in [0.1, 0.15) is 5.60 Å². The summed E-state index contributed by atoms with van der Waals surface area (Å²) in [7, 11) is 0. The van der Waals surface area contributed by atoms with Crippen LogP contribution in [0.25, 0.3) is 0 Å². The van der Waals surface area contributed by atoms with Crippen LogP contribution in [0.5, 0.6) is 0 Å². The number of Topliss-reactive ketones (excluding diaryl/α,β-unsaturated/α-hetero) is 1. The molecule has 1 rings (SSSR count). The van der Waals surface area contributed by atoms with Gasteiger partial charge in [0.2, 0.25) is 0 Å². The Morgan fingerprint density at radius 2 is 1.63 bits per heavy atom. The third-order valence-electron chi connectivity index (χ3n) is 3.13. The molecule has 0 unspecified atom stereocenters. The number of hydrogen-bond acceptors (Lipinski definition) is 3. The number of rotatable bonds is 2. The fourth-order valence-electron chi connectivity index (χ4n) is 2.04. The van der Waals surface area contributed by atoms with Crippen molar-refractivity contribution in [2.45, 2.75) is 52.1 Å². The SMILES string of the molecule is CC(=O)C(F)(F)C1CCN(C(=O)OC(C)(C)C)CC1. The first kappa shape index (κ1) is 15.9. The number of amides is 1. The van der Waals surface area contributed by atoms with E-state index in [9.17, 15) is 18.4 Å². The van der Waals surface area contributed by atoms with Crippen LogP contribution >= 0.6 is 0 Å². The van der Waals surface area contributed by atoms with E-state index in [1.165, 1.54) is 4.90 Å². The standard InChI is InChI=1S/C13H21F2NO3/c1-9(17)13(14,15)10-5-7-16(8-6-10)11(18)19-12(2,3)4/h10H,5-8H2,1-4H3. The second-order valence-corrected chi connectivity index (χ2v) is 5.92. The summed E-state index contributed by atoms with van der Waals surface area (Å²) in [5.41, 5.74) is -0.600. The van der Waals surface area contributed by atoms with Crippen molar-refractivity contribution >= 4 is 11.9 Å².